The highest BCUT2D eigenvalue weighted by atomic mass is 79.9. The van der Waals surface area contributed by atoms with Gasteiger partial charge in [-0.25, -0.2) is 0 Å². The van der Waals surface area contributed by atoms with E-state index in [9.17, 15) is 0 Å². The maximum absolute atomic E-state index is 5.41. The molecule has 1 saturated heterocycles. The standard InChI is InChI=1S/C14H21BrN2O2/c1-18-7-4-16-11-12-10-13(15)2-3-14(12)17-5-8-19-9-6-17/h2-3,10,16H,4-9,11H2,1H3. The van der Waals surface area contributed by atoms with Gasteiger partial charge < -0.3 is 19.7 Å². The van der Waals surface area contributed by atoms with E-state index in [4.69, 9.17) is 9.47 Å². The van der Waals surface area contributed by atoms with Crippen LogP contribution in [0, 0.1) is 0 Å². The zero-order valence-corrected chi connectivity index (χ0v) is 12.9. The zero-order chi connectivity index (χ0) is 13.5. The first-order chi connectivity index (χ1) is 9.31. The van der Waals surface area contributed by atoms with Crippen molar-refractivity contribution in [2.24, 2.45) is 0 Å². The van der Waals surface area contributed by atoms with Gasteiger partial charge in [0.25, 0.3) is 0 Å². The Hall–Kier alpha value is -0.620. The summed E-state index contributed by atoms with van der Waals surface area (Å²) >= 11 is 3.55. The summed E-state index contributed by atoms with van der Waals surface area (Å²) in [6, 6.07) is 6.47. The van der Waals surface area contributed by atoms with E-state index in [2.05, 4.69) is 44.3 Å². The van der Waals surface area contributed by atoms with E-state index in [-0.39, 0.29) is 0 Å². The number of nitrogens with one attached hydrogen (secondary N) is 1. The average Bonchev–Trinajstić information content (AvgIpc) is 2.45. The molecule has 1 aliphatic heterocycles. The lowest BCUT2D eigenvalue weighted by Gasteiger charge is -2.30. The Morgan fingerprint density at radius 2 is 2.16 bits per heavy atom. The van der Waals surface area contributed by atoms with Gasteiger partial charge in [0.1, 0.15) is 0 Å². The van der Waals surface area contributed by atoms with Gasteiger partial charge in [0.2, 0.25) is 0 Å². The van der Waals surface area contributed by atoms with Crippen LogP contribution in [-0.2, 0) is 16.0 Å². The normalized spacial score (nSPS) is 15.8. The fourth-order valence-corrected chi connectivity index (χ4v) is 2.61. The van der Waals surface area contributed by atoms with E-state index in [1.165, 1.54) is 11.3 Å². The molecule has 4 nitrogen and oxygen atoms in total. The number of anilines is 1. The Labute approximate surface area is 123 Å². The summed E-state index contributed by atoms with van der Waals surface area (Å²) in [6.07, 6.45) is 0. The summed E-state index contributed by atoms with van der Waals surface area (Å²) in [4.78, 5) is 2.39. The summed E-state index contributed by atoms with van der Waals surface area (Å²) in [7, 11) is 1.72. The minimum absolute atomic E-state index is 0.737. The largest absolute Gasteiger partial charge is 0.383 e. The van der Waals surface area contributed by atoms with Gasteiger partial charge in [-0.05, 0) is 23.8 Å². The molecular formula is C14H21BrN2O2. The van der Waals surface area contributed by atoms with E-state index in [1.54, 1.807) is 7.11 Å². The molecule has 0 aliphatic carbocycles. The van der Waals surface area contributed by atoms with Crippen molar-refractivity contribution < 1.29 is 9.47 Å². The molecule has 1 aliphatic rings. The van der Waals surface area contributed by atoms with Crippen LogP contribution in [0.15, 0.2) is 22.7 Å². The lowest BCUT2D eigenvalue weighted by Crippen LogP contribution is -2.37. The molecular weight excluding hydrogens is 308 g/mol. The van der Waals surface area contributed by atoms with Crippen molar-refractivity contribution >= 4 is 21.6 Å². The number of morpholine rings is 1. The molecule has 0 radical (unpaired) electrons. The van der Waals surface area contributed by atoms with Crippen molar-refractivity contribution in [2.75, 3.05) is 51.5 Å². The fraction of sp³-hybridized carbons (Fsp3) is 0.571. The van der Waals surface area contributed by atoms with Crippen molar-refractivity contribution in [3.05, 3.63) is 28.2 Å². The lowest BCUT2D eigenvalue weighted by molar-refractivity contribution is 0.122. The summed E-state index contributed by atoms with van der Waals surface area (Å²) in [6.45, 7) is 6.01. The van der Waals surface area contributed by atoms with Gasteiger partial charge >= 0.3 is 0 Å². The summed E-state index contributed by atoms with van der Waals surface area (Å²) in [5.41, 5.74) is 2.61. The predicted molar refractivity (Wildman–Crippen MR) is 80.8 cm³/mol. The maximum Gasteiger partial charge on any atom is 0.0642 e. The first-order valence-corrected chi connectivity index (χ1v) is 7.41. The molecule has 1 N–H and O–H groups in total. The molecule has 0 bridgehead atoms. The lowest BCUT2D eigenvalue weighted by atomic mass is 10.1. The number of rotatable bonds is 6. The van der Waals surface area contributed by atoms with Crippen LogP contribution in [0.25, 0.3) is 0 Å². The quantitative estimate of drug-likeness (QED) is 0.810. The van der Waals surface area contributed by atoms with Gasteiger partial charge in [0, 0.05) is 43.4 Å². The Balaban J connectivity index is 2.03. The highest BCUT2D eigenvalue weighted by Crippen LogP contribution is 2.25. The third kappa shape index (κ3) is 4.45. The third-order valence-corrected chi connectivity index (χ3v) is 3.68. The van der Waals surface area contributed by atoms with Crippen molar-refractivity contribution in [3.63, 3.8) is 0 Å². The van der Waals surface area contributed by atoms with Crippen LogP contribution < -0.4 is 10.2 Å². The molecule has 2 rings (SSSR count). The molecule has 0 spiro atoms. The second-order valence-corrected chi connectivity index (χ2v) is 5.46. The number of methoxy groups -OCH3 is 1. The Bertz CT molecular complexity index is 395. The van der Waals surface area contributed by atoms with Crippen molar-refractivity contribution in [1.29, 1.82) is 0 Å². The van der Waals surface area contributed by atoms with E-state index in [0.717, 1.165) is 50.5 Å². The second-order valence-electron chi connectivity index (χ2n) is 4.54. The number of hydrogen-bond donors (Lipinski definition) is 1. The van der Waals surface area contributed by atoms with Crippen molar-refractivity contribution in [1.82, 2.24) is 5.32 Å². The number of halogens is 1. The Kier molecular flexibility index (Phi) is 6.10. The minimum Gasteiger partial charge on any atom is -0.383 e. The molecule has 0 amide bonds. The molecule has 19 heavy (non-hydrogen) atoms. The molecule has 1 heterocycles. The predicted octanol–water partition coefficient (Wildman–Crippen LogP) is 2.02. The highest BCUT2D eigenvalue weighted by Gasteiger charge is 2.14. The van der Waals surface area contributed by atoms with Crippen molar-refractivity contribution in [2.45, 2.75) is 6.54 Å². The van der Waals surface area contributed by atoms with Crippen LogP contribution in [0.1, 0.15) is 5.56 Å². The SMILES string of the molecule is COCCNCc1cc(Br)ccc1N1CCOCC1. The first-order valence-electron chi connectivity index (χ1n) is 6.62. The molecule has 5 heteroatoms. The number of hydrogen-bond acceptors (Lipinski definition) is 4. The van der Waals surface area contributed by atoms with Gasteiger partial charge in [0.05, 0.1) is 19.8 Å². The molecule has 0 unspecified atom stereocenters. The van der Waals surface area contributed by atoms with Crippen LogP contribution in [-0.4, -0.2) is 46.6 Å². The average molecular weight is 329 g/mol. The molecule has 1 aromatic rings. The molecule has 1 fully saturated rings. The topological polar surface area (TPSA) is 33.7 Å². The molecule has 1 aromatic carbocycles. The molecule has 0 atom stereocenters. The van der Waals surface area contributed by atoms with E-state index in [0.29, 0.717) is 0 Å². The summed E-state index contributed by atoms with van der Waals surface area (Å²) in [5.74, 6) is 0. The minimum atomic E-state index is 0.737. The second kappa shape index (κ2) is 7.85. The van der Waals surface area contributed by atoms with Gasteiger partial charge in [0.15, 0.2) is 0 Å². The third-order valence-electron chi connectivity index (χ3n) is 3.19. The van der Waals surface area contributed by atoms with E-state index < -0.39 is 0 Å². The summed E-state index contributed by atoms with van der Waals surface area (Å²) < 4.78 is 11.6. The van der Waals surface area contributed by atoms with Crippen LogP contribution in [0.5, 0.6) is 0 Å². The molecule has 0 saturated carbocycles. The van der Waals surface area contributed by atoms with Gasteiger partial charge in [-0.1, -0.05) is 15.9 Å². The van der Waals surface area contributed by atoms with Crippen LogP contribution in [0.4, 0.5) is 5.69 Å². The van der Waals surface area contributed by atoms with Gasteiger partial charge in [-0.3, -0.25) is 0 Å². The zero-order valence-electron chi connectivity index (χ0n) is 11.3. The molecule has 0 aromatic heterocycles. The molecule has 106 valence electrons. The van der Waals surface area contributed by atoms with Crippen LogP contribution in [0.2, 0.25) is 0 Å². The summed E-state index contributed by atoms with van der Waals surface area (Å²) in [5, 5.41) is 3.41. The first kappa shape index (κ1) is 14.8. The maximum atomic E-state index is 5.41. The number of ether oxygens (including phenoxy) is 2. The smallest absolute Gasteiger partial charge is 0.0642 e. The fourth-order valence-electron chi connectivity index (χ4n) is 2.21. The monoisotopic (exact) mass is 328 g/mol. The van der Waals surface area contributed by atoms with Gasteiger partial charge in [-0.15, -0.1) is 0 Å². The van der Waals surface area contributed by atoms with Crippen LogP contribution >= 0.6 is 15.9 Å². The number of nitrogens with zero attached hydrogens (tertiary/aromatic N) is 1. The Morgan fingerprint density at radius 1 is 1.37 bits per heavy atom. The van der Waals surface area contributed by atoms with E-state index >= 15 is 0 Å². The van der Waals surface area contributed by atoms with E-state index in [1.807, 2.05) is 0 Å². The Morgan fingerprint density at radius 3 is 2.89 bits per heavy atom. The number of benzene rings is 1. The van der Waals surface area contributed by atoms with Crippen molar-refractivity contribution in [3.8, 4) is 0 Å². The van der Waals surface area contributed by atoms with Crippen LogP contribution in [0.3, 0.4) is 0 Å². The van der Waals surface area contributed by atoms with Gasteiger partial charge in [-0.2, -0.15) is 0 Å². The highest BCUT2D eigenvalue weighted by molar-refractivity contribution is 9.10.